The summed E-state index contributed by atoms with van der Waals surface area (Å²) in [6.45, 7) is 16.7. The van der Waals surface area contributed by atoms with E-state index in [0.29, 0.717) is 70.9 Å². The molecule has 30 heteroatoms. The second kappa shape index (κ2) is 24.8. The first kappa shape index (κ1) is 61.0. The van der Waals surface area contributed by atoms with Crippen LogP contribution in [0.2, 0.25) is 0 Å². The number of carbonyl (C=O) groups excluding carboxylic acids is 3. The van der Waals surface area contributed by atoms with E-state index in [1.165, 1.54) is 20.7 Å². The molecule has 90 heavy (non-hydrogen) atoms. The lowest BCUT2D eigenvalue weighted by Crippen LogP contribution is -2.35. The van der Waals surface area contributed by atoms with Crippen molar-refractivity contribution in [2.24, 2.45) is 51.3 Å². The number of hydrogen-bond donors (Lipinski definition) is 3. The van der Waals surface area contributed by atoms with Gasteiger partial charge in [0.05, 0.1) is 70.2 Å². The van der Waals surface area contributed by atoms with Crippen molar-refractivity contribution in [1.82, 2.24) is 108 Å². The molecule has 1 fully saturated rings. The van der Waals surface area contributed by atoms with Crippen molar-refractivity contribution >= 4 is 61.8 Å². The topological polar surface area (TPSA) is 340 Å². The van der Waals surface area contributed by atoms with Gasteiger partial charge in [0.25, 0.3) is 11.8 Å². The summed E-state index contributed by atoms with van der Waals surface area (Å²) in [6.07, 6.45) is 12.7. The number of nitrogens with two attached hydrogens (primary N) is 3. The van der Waals surface area contributed by atoms with Crippen LogP contribution >= 0.6 is 11.3 Å². The fraction of sp³-hybridized carbons (Fsp3) is 0.333. The highest BCUT2D eigenvalue weighted by Gasteiger charge is 2.27. The molecule has 0 saturated carbocycles. The number of halogens is 1. The van der Waals surface area contributed by atoms with Gasteiger partial charge >= 0.3 is 0 Å². The number of amides is 3. The Kier molecular flexibility index (Phi) is 16.8. The van der Waals surface area contributed by atoms with Crippen LogP contribution in [0.4, 0.5) is 4.39 Å². The number of aromatic nitrogens is 21. The number of piperidine rings is 1. The van der Waals surface area contributed by atoms with Gasteiger partial charge in [-0.15, -0.1) is 33.9 Å². The number of terminal acetylenes is 1. The van der Waals surface area contributed by atoms with E-state index in [4.69, 9.17) is 28.6 Å². The van der Waals surface area contributed by atoms with Gasteiger partial charge in [-0.25, -0.2) is 38.7 Å². The predicted octanol–water partition coefficient (Wildman–Crippen LogP) is 6.04. The van der Waals surface area contributed by atoms with Crippen LogP contribution in [0.5, 0.6) is 0 Å². The van der Waals surface area contributed by atoms with Gasteiger partial charge < -0.3 is 22.1 Å². The summed E-state index contributed by atoms with van der Waals surface area (Å²) in [5, 5.41) is 40.5. The van der Waals surface area contributed by atoms with Crippen LogP contribution in [-0.4, -0.2) is 145 Å². The van der Waals surface area contributed by atoms with Crippen LogP contribution < -0.4 is 17.2 Å². The van der Waals surface area contributed by atoms with Crippen LogP contribution in [-0.2, 0) is 54.4 Å². The van der Waals surface area contributed by atoms with E-state index >= 15 is 0 Å². The molecular weight excluding hydrogens is 1170 g/mol. The predicted molar refractivity (Wildman–Crippen MR) is 336 cm³/mol. The summed E-state index contributed by atoms with van der Waals surface area (Å²) < 4.78 is 28.6. The second-order valence-electron chi connectivity index (χ2n) is 21.7. The Labute approximate surface area is 518 Å². The molecule has 1 saturated heterocycles. The molecule has 0 bridgehead atoms. The molecule has 1 aliphatic rings. The number of benzene rings is 1. The van der Waals surface area contributed by atoms with Crippen LogP contribution in [0.1, 0.15) is 82.0 Å². The summed E-state index contributed by atoms with van der Waals surface area (Å²) >= 11 is 1.53. The number of aryl methyl sites for hydroxylation is 10. The van der Waals surface area contributed by atoms with E-state index < -0.39 is 23.5 Å². The van der Waals surface area contributed by atoms with Gasteiger partial charge in [0.2, 0.25) is 11.7 Å². The first-order valence-corrected chi connectivity index (χ1v) is 29.9. The summed E-state index contributed by atoms with van der Waals surface area (Å²) in [4.78, 5) is 61.0. The van der Waals surface area contributed by atoms with Gasteiger partial charge in [0, 0.05) is 93.0 Å². The molecule has 13 rings (SSSR count). The Bertz CT molecular complexity index is 4780. The van der Waals surface area contributed by atoms with Gasteiger partial charge in [-0.3, -0.25) is 42.5 Å². The normalized spacial score (nSPS) is 12.8. The lowest BCUT2D eigenvalue weighted by molar-refractivity contribution is 0.0987. The number of primary amides is 3. The van der Waals surface area contributed by atoms with Gasteiger partial charge in [-0.05, 0) is 104 Å². The minimum atomic E-state index is -0.666. The lowest BCUT2D eigenvalue weighted by atomic mass is 9.98. The molecule has 3 amide bonds. The molecule has 0 aliphatic carbocycles. The molecule has 12 heterocycles. The van der Waals surface area contributed by atoms with E-state index in [1.807, 2.05) is 66.3 Å². The minimum Gasteiger partial charge on any atom is -0.366 e. The summed E-state index contributed by atoms with van der Waals surface area (Å²) in [5.74, 6) is 2.59. The van der Waals surface area contributed by atoms with Crippen molar-refractivity contribution in [3.8, 4) is 80.4 Å². The standard InChI is InChI=1S/C25H29FN10O.C18H18N6OS.C17H19N9O/c1-5-16-7-9-34(10-8-16)11-12-36-19-13-18(23(27)37)29-21(17(19)14-28-36)25-30-24(32-33(25)4)22-20(26)15(3)31-35(22)6-2;1-4-24-16(5-10(2)22-24)14-9-26-18(21-14)12-6-11(17(19)25)7-15-13(12)8-20-23(15)3;1-5-26-13(6-9(2)22-26)16-21-17(25(4)23-16)14-10-8-19-24(3)12(10)7-11(20-14)15(18)27/h1,13-14,16H,6-12H2,2-4H3,(H2,27,37);5-9H,4H2,1-3H3,(H2,19,25);6-8H,5H2,1-4H3,(H2,18,27). The monoisotopic (exact) mass is 1240 g/mol. The van der Waals surface area contributed by atoms with Gasteiger partial charge in [0.1, 0.15) is 39.2 Å². The fourth-order valence-corrected chi connectivity index (χ4v) is 11.8. The molecule has 1 aliphatic heterocycles. The molecule has 1 aromatic carbocycles. The molecule has 28 nitrogen and oxygen atoms in total. The molecule has 462 valence electrons. The van der Waals surface area contributed by atoms with E-state index in [-0.39, 0.29) is 28.6 Å². The Morgan fingerprint density at radius 3 is 1.74 bits per heavy atom. The highest BCUT2D eigenvalue weighted by Crippen LogP contribution is 2.36. The highest BCUT2D eigenvalue weighted by atomic mass is 32.1. The smallest absolute Gasteiger partial charge is 0.267 e. The van der Waals surface area contributed by atoms with Crippen molar-refractivity contribution in [2.75, 3.05) is 19.6 Å². The van der Waals surface area contributed by atoms with Crippen LogP contribution in [0, 0.1) is 44.9 Å². The maximum absolute atomic E-state index is 14.9. The molecule has 0 atom stereocenters. The van der Waals surface area contributed by atoms with Crippen molar-refractivity contribution in [3.63, 3.8) is 0 Å². The fourth-order valence-electron chi connectivity index (χ4n) is 11.0. The third-order valence-corrected chi connectivity index (χ3v) is 16.5. The van der Waals surface area contributed by atoms with Crippen molar-refractivity contribution in [2.45, 2.75) is 80.6 Å². The zero-order chi connectivity index (χ0) is 64.0. The van der Waals surface area contributed by atoms with Gasteiger partial charge in [-0.2, -0.15) is 30.6 Å². The van der Waals surface area contributed by atoms with E-state index in [0.717, 1.165) is 99.9 Å². The number of rotatable bonds is 15. The number of fused-ring (bicyclic) bond motifs is 3. The number of likely N-dealkylation sites (tertiary alicyclic amines) is 1. The maximum atomic E-state index is 14.9. The summed E-state index contributed by atoms with van der Waals surface area (Å²) in [6, 6.07) is 10.8. The Morgan fingerprint density at radius 2 is 1.14 bits per heavy atom. The minimum absolute atomic E-state index is 0.0873. The number of nitrogens with zero attached hydrogens (tertiary/aromatic N) is 22. The molecule has 12 aromatic rings. The molecular formula is C60H66FN25O3S. The zero-order valence-electron chi connectivity index (χ0n) is 51.4. The van der Waals surface area contributed by atoms with E-state index in [9.17, 15) is 18.8 Å². The number of carbonyl (C=O) groups is 3. The SMILES string of the molecule is C#CC1CCN(CCn2ncc3c(-c4nc(-c5c(F)c(C)nn5CC)nn4C)nc(C(N)=O)cc32)CC1.CCn1nc(C)cc1-c1csc(-c2cc(C(N)=O)cc3c2cnn3C)n1.CCn1nc(C)cc1-c1nc(-c2nc(C(N)=O)cc3c2cnn3C)n(C)n1. The number of pyridine rings is 2. The third kappa shape index (κ3) is 11.7. The average Bonchev–Trinajstić information content (AvgIpc) is 1.61. The van der Waals surface area contributed by atoms with Crippen molar-refractivity contribution < 1.29 is 18.8 Å². The Balaban J connectivity index is 0.000000142. The molecule has 6 N–H and O–H groups in total. The lowest BCUT2D eigenvalue weighted by Gasteiger charge is -2.29. The summed E-state index contributed by atoms with van der Waals surface area (Å²) in [5.41, 5.74) is 26.4. The maximum Gasteiger partial charge on any atom is 0.267 e. The van der Waals surface area contributed by atoms with Crippen LogP contribution in [0.25, 0.3) is 101 Å². The number of thiazole rings is 1. The van der Waals surface area contributed by atoms with Crippen molar-refractivity contribution in [3.05, 3.63) is 100 Å². The van der Waals surface area contributed by atoms with Crippen LogP contribution in [0.15, 0.2) is 60.4 Å². The van der Waals surface area contributed by atoms with Crippen molar-refractivity contribution in [1.29, 1.82) is 0 Å². The zero-order valence-corrected chi connectivity index (χ0v) is 52.2. The Morgan fingerprint density at radius 1 is 0.600 bits per heavy atom. The Hall–Kier alpha value is -10.7. The van der Waals surface area contributed by atoms with E-state index in [1.54, 1.807) is 85.0 Å². The second-order valence-corrected chi connectivity index (χ2v) is 22.5. The number of hydrogen-bond acceptors (Lipinski definition) is 18. The third-order valence-electron chi connectivity index (χ3n) is 15.6. The van der Waals surface area contributed by atoms with Gasteiger partial charge in [-0.1, -0.05) is 0 Å². The summed E-state index contributed by atoms with van der Waals surface area (Å²) in [7, 11) is 7.11. The van der Waals surface area contributed by atoms with Crippen LogP contribution in [0.3, 0.4) is 0 Å². The highest BCUT2D eigenvalue weighted by molar-refractivity contribution is 7.13. The molecule has 0 unspecified atom stereocenters. The van der Waals surface area contributed by atoms with E-state index in [2.05, 4.69) is 78.5 Å². The first-order chi connectivity index (χ1) is 43.2. The quantitative estimate of drug-likeness (QED) is 0.0984. The van der Waals surface area contributed by atoms with Gasteiger partial charge in [0.15, 0.2) is 23.3 Å². The first-order valence-electron chi connectivity index (χ1n) is 29.0. The molecule has 0 spiro atoms. The average molecular weight is 1240 g/mol. The largest absolute Gasteiger partial charge is 0.366 e. The molecule has 0 radical (unpaired) electrons. The molecule has 11 aromatic heterocycles.